The predicted octanol–water partition coefficient (Wildman–Crippen LogP) is -0.781. The summed E-state index contributed by atoms with van der Waals surface area (Å²) >= 11 is 10.9. The zero-order valence-electron chi connectivity index (χ0n) is 16.4. The Hall–Kier alpha value is -0.760. The van der Waals surface area contributed by atoms with E-state index in [9.17, 15) is 19.2 Å². The maximum absolute atomic E-state index is 12.7. The van der Waals surface area contributed by atoms with E-state index in [2.05, 4.69) is 41.2 Å². The topological polar surface area (TPSA) is 151 Å². The van der Waals surface area contributed by atoms with Crippen LogP contribution in [0.2, 0.25) is 0 Å². The number of hydrogen-bond donors (Lipinski definition) is 7. The van der Waals surface area contributed by atoms with Crippen molar-refractivity contribution in [2.45, 2.75) is 37.0 Å². The Kier molecular flexibility index (Phi) is 15.6. The summed E-state index contributed by atoms with van der Waals surface area (Å²) < 4.78 is 0. The zero-order valence-corrected chi connectivity index (χ0v) is 19.8. The second-order valence-corrected chi connectivity index (χ2v) is 8.76. The molecule has 0 aliphatic heterocycles. The molecule has 29 heavy (non-hydrogen) atoms. The third-order valence-corrected chi connectivity index (χ3v) is 5.86. The van der Waals surface area contributed by atoms with E-state index in [-0.39, 0.29) is 11.5 Å². The van der Waals surface area contributed by atoms with Gasteiger partial charge >= 0.3 is 5.97 Å². The number of carboxylic acid groups (broad SMARTS) is 1. The fraction of sp³-hybridized carbons (Fsp3) is 0.750. The van der Waals surface area contributed by atoms with E-state index in [0.29, 0.717) is 24.3 Å². The highest BCUT2D eigenvalue weighted by molar-refractivity contribution is 7.98. The Morgan fingerprint density at radius 1 is 0.828 bits per heavy atom. The monoisotopic (exact) mass is 486 g/mol. The average molecular weight is 487 g/mol. The summed E-state index contributed by atoms with van der Waals surface area (Å²) in [6.07, 6.45) is 4.37. The van der Waals surface area contributed by atoms with Gasteiger partial charge in [0.1, 0.15) is 18.1 Å². The van der Waals surface area contributed by atoms with E-state index < -0.39 is 47.9 Å². The van der Waals surface area contributed by atoms with Crippen molar-refractivity contribution in [2.75, 3.05) is 35.5 Å². The van der Waals surface area contributed by atoms with Crippen LogP contribution in [0, 0.1) is 0 Å². The van der Waals surface area contributed by atoms with Crippen LogP contribution in [0.4, 0.5) is 0 Å². The number of amides is 3. The summed E-state index contributed by atoms with van der Waals surface area (Å²) in [6.45, 7) is 0. The maximum Gasteiger partial charge on any atom is 0.327 e. The molecular weight excluding hydrogens is 456 g/mol. The van der Waals surface area contributed by atoms with Gasteiger partial charge in [-0.1, -0.05) is 0 Å². The van der Waals surface area contributed by atoms with Gasteiger partial charge in [0.2, 0.25) is 17.7 Å². The fourth-order valence-electron chi connectivity index (χ4n) is 2.10. The predicted molar refractivity (Wildman–Crippen MR) is 125 cm³/mol. The van der Waals surface area contributed by atoms with Crippen molar-refractivity contribution in [1.82, 2.24) is 16.0 Å². The number of rotatable bonds is 15. The molecular formula is C16H30N4O5S4. The molecule has 0 rings (SSSR count). The normalized spacial score (nSPS) is 14.9. The summed E-state index contributed by atoms with van der Waals surface area (Å²) in [5.74, 6) is -1.64. The van der Waals surface area contributed by atoms with Crippen LogP contribution in [-0.4, -0.2) is 88.5 Å². The van der Waals surface area contributed by atoms with E-state index in [4.69, 9.17) is 10.8 Å². The summed E-state index contributed by atoms with van der Waals surface area (Å²) in [5, 5.41) is 16.7. The number of carboxylic acids is 1. The molecule has 0 aromatic heterocycles. The SMILES string of the molecule is CSCC[C@H](NC(=O)[C@H](CCSC)NC(=O)[C@@H](N)CS)C(=O)N[C@@H](CS)C(=O)O. The van der Waals surface area contributed by atoms with Crippen LogP contribution in [0.1, 0.15) is 12.8 Å². The molecule has 3 amide bonds. The zero-order chi connectivity index (χ0) is 22.4. The molecule has 0 spiro atoms. The van der Waals surface area contributed by atoms with Crippen LogP contribution >= 0.6 is 48.8 Å². The summed E-state index contributed by atoms with van der Waals surface area (Å²) in [4.78, 5) is 48.5. The fourth-order valence-corrected chi connectivity index (χ4v) is 3.46. The summed E-state index contributed by atoms with van der Waals surface area (Å²) in [5.41, 5.74) is 5.65. The van der Waals surface area contributed by atoms with E-state index in [1.807, 2.05) is 12.5 Å². The number of carbonyl (C=O) groups is 4. The third kappa shape index (κ3) is 11.3. The molecule has 0 bridgehead atoms. The van der Waals surface area contributed by atoms with Crippen LogP contribution < -0.4 is 21.7 Å². The van der Waals surface area contributed by atoms with Crippen LogP contribution in [0.3, 0.4) is 0 Å². The lowest BCUT2D eigenvalue weighted by molar-refractivity contribution is -0.141. The molecule has 0 aliphatic carbocycles. The van der Waals surface area contributed by atoms with Crippen LogP contribution in [0.5, 0.6) is 0 Å². The van der Waals surface area contributed by atoms with Gasteiger partial charge in [-0.15, -0.1) is 0 Å². The third-order valence-electron chi connectivity index (χ3n) is 3.82. The van der Waals surface area contributed by atoms with Crippen molar-refractivity contribution >= 4 is 72.5 Å². The van der Waals surface area contributed by atoms with Gasteiger partial charge in [0.25, 0.3) is 0 Å². The molecule has 4 atom stereocenters. The molecule has 13 heteroatoms. The van der Waals surface area contributed by atoms with Gasteiger partial charge in [-0.25, -0.2) is 4.79 Å². The van der Waals surface area contributed by atoms with Gasteiger partial charge in [0.15, 0.2) is 0 Å². The van der Waals surface area contributed by atoms with Crippen molar-refractivity contribution in [1.29, 1.82) is 0 Å². The van der Waals surface area contributed by atoms with Crippen LogP contribution in [0.25, 0.3) is 0 Å². The lowest BCUT2D eigenvalue weighted by atomic mass is 10.1. The number of hydrogen-bond acceptors (Lipinski definition) is 9. The molecule has 0 aromatic rings. The Bertz CT molecular complexity index is 555. The highest BCUT2D eigenvalue weighted by Crippen LogP contribution is 2.06. The number of thioether (sulfide) groups is 2. The minimum absolute atomic E-state index is 0.0850. The quantitative estimate of drug-likeness (QED) is 0.149. The molecule has 0 saturated heterocycles. The number of thiol groups is 2. The standard InChI is InChI=1S/C16H30N4O5S4/c1-28-5-3-10(18-13(21)9(17)7-26)14(22)19-11(4-6-29-2)15(23)20-12(8-27)16(24)25/h9-12,26-27H,3-8,17H2,1-2H3,(H,18,21)(H,19,22)(H,20,23)(H,24,25)/t9-,10-,11-,12-/m0/s1. The molecule has 0 fully saturated rings. The van der Waals surface area contributed by atoms with Gasteiger partial charge in [0.05, 0.1) is 6.04 Å². The molecule has 0 unspecified atom stereocenters. The van der Waals surface area contributed by atoms with E-state index in [0.717, 1.165) is 0 Å². The first-order chi connectivity index (χ1) is 13.7. The Labute approximate surface area is 190 Å². The van der Waals surface area contributed by atoms with Crippen molar-refractivity contribution in [3.63, 3.8) is 0 Å². The Balaban J connectivity index is 5.25. The van der Waals surface area contributed by atoms with E-state index >= 15 is 0 Å². The molecule has 168 valence electrons. The summed E-state index contributed by atoms with van der Waals surface area (Å²) in [6, 6.07) is -3.83. The van der Waals surface area contributed by atoms with Gasteiger partial charge in [-0.05, 0) is 36.9 Å². The smallest absolute Gasteiger partial charge is 0.327 e. The largest absolute Gasteiger partial charge is 0.480 e. The minimum atomic E-state index is -1.21. The van der Waals surface area contributed by atoms with Crippen molar-refractivity contribution in [2.24, 2.45) is 5.73 Å². The number of aliphatic carboxylic acids is 1. The molecule has 0 heterocycles. The molecule has 0 radical (unpaired) electrons. The van der Waals surface area contributed by atoms with Gasteiger partial charge in [0, 0.05) is 11.5 Å². The van der Waals surface area contributed by atoms with Gasteiger partial charge in [-0.3, -0.25) is 14.4 Å². The molecule has 6 N–H and O–H groups in total. The second kappa shape index (κ2) is 16.0. The van der Waals surface area contributed by atoms with Gasteiger partial charge in [-0.2, -0.15) is 48.8 Å². The number of nitrogens with one attached hydrogen (secondary N) is 3. The molecule has 0 aromatic carbocycles. The highest BCUT2D eigenvalue weighted by atomic mass is 32.2. The number of nitrogens with two attached hydrogens (primary N) is 1. The molecule has 0 aliphatic rings. The van der Waals surface area contributed by atoms with Crippen molar-refractivity contribution < 1.29 is 24.3 Å². The lowest BCUT2D eigenvalue weighted by Crippen LogP contribution is -2.57. The first-order valence-corrected chi connectivity index (χ1v) is 12.9. The Morgan fingerprint density at radius 3 is 1.59 bits per heavy atom. The Morgan fingerprint density at radius 2 is 1.24 bits per heavy atom. The van der Waals surface area contributed by atoms with Crippen LogP contribution in [0.15, 0.2) is 0 Å². The van der Waals surface area contributed by atoms with Crippen LogP contribution in [-0.2, 0) is 19.2 Å². The first kappa shape index (κ1) is 28.2. The summed E-state index contributed by atoms with van der Waals surface area (Å²) in [7, 11) is 0. The first-order valence-electron chi connectivity index (χ1n) is 8.80. The maximum atomic E-state index is 12.7. The molecule has 9 nitrogen and oxygen atoms in total. The van der Waals surface area contributed by atoms with E-state index in [1.165, 1.54) is 23.5 Å². The minimum Gasteiger partial charge on any atom is -0.480 e. The lowest BCUT2D eigenvalue weighted by Gasteiger charge is -2.24. The second-order valence-electron chi connectivity index (χ2n) is 6.06. The number of carbonyl (C=O) groups excluding carboxylic acids is 3. The highest BCUT2D eigenvalue weighted by Gasteiger charge is 2.29. The van der Waals surface area contributed by atoms with Crippen molar-refractivity contribution in [3.8, 4) is 0 Å². The van der Waals surface area contributed by atoms with E-state index in [1.54, 1.807) is 0 Å². The average Bonchev–Trinajstić information content (AvgIpc) is 2.70. The molecule has 0 saturated carbocycles. The van der Waals surface area contributed by atoms with Gasteiger partial charge < -0.3 is 26.8 Å². The van der Waals surface area contributed by atoms with Crippen molar-refractivity contribution in [3.05, 3.63) is 0 Å².